The highest BCUT2D eigenvalue weighted by Crippen LogP contribution is 2.27. The van der Waals surface area contributed by atoms with Crippen LogP contribution in [0.2, 0.25) is 5.02 Å². The SMILES string of the molecule is CC(C)c1ccccc1OCc1cc(N)ccc1Cl. The van der Waals surface area contributed by atoms with E-state index in [0.29, 0.717) is 23.2 Å². The molecule has 0 amide bonds. The molecule has 0 atom stereocenters. The van der Waals surface area contributed by atoms with Gasteiger partial charge in [0.05, 0.1) is 0 Å². The zero-order valence-corrected chi connectivity index (χ0v) is 11.9. The number of rotatable bonds is 4. The molecule has 2 nitrogen and oxygen atoms in total. The summed E-state index contributed by atoms with van der Waals surface area (Å²) in [6, 6.07) is 13.5. The molecule has 0 fully saturated rings. The van der Waals surface area contributed by atoms with Crippen LogP contribution in [0.3, 0.4) is 0 Å². The Morgan fingerprint density at radius 2 is 1.89 bits per heavy atom. The lowest BCUT2D eigenvalue weighted by molar-refractivity contribution is 0.302. The molecule has 0 heterocycles. The predicted molar refractivity (Wildman–Crippen MR) is 80.7 cm³/mol. The van der Waals surface area contributed by atoms with Crippen LogP contribution in [-0.4, -0.2) is 0 Å². The third-order valence-electron chi connectivity index (χ3n) is 2.99. The van der Waals surface area contributed by atoms with Crippen molar-refractivity contribution in [2.45, 2.75) is 26.4 Å². The molecule has 2 aromatic carbocycles. The average molecular weight is 276 g/mol. The fourth-order valence-corrected chi connectivity index (χ4v) is 2.12. The largest absolute Gasteiger partial charge is 0.489 e. The third kappa shape index (κ3) is 3.42. The number of benzene rings is 2. The average Bonchev–Trinajstić information content (AvgIpc) is 2.40. The van der Waals surface area contributed by atoms with Crippen molar-refractivity contribution in [2.24, 2.45) is 0 Å². The zero-order valence-electron chi connectivity index (χ0n) is 11.2. The van der Waals surface area contributed by atoms with E-state index in [0.717, 1.165) is 11.3 Å². The van der Waals surface area contributed by atoms with Crippen LogP contribution in [0.25, 0.3) is 0 Å². The Kier molecular flexibility index (Phi) is 4.33. The van der Waals surface area contributed by atoms with Crippen LogP contribution in [0.1, 0.15) is 30.9 Å². The molecule has 0 bridgehead atoms. The van der Waals surface area contributed by atoms with E-state index >= 15 is 0 Å². The molecule has 2 rings (SSSR count). The number of para-hydroxylation sites is 1. The Morgan fingerprint density at radius 1 is 1.16 bits per heavy atom. The number of hydrogen-bond donors (Lipinski definition) is 1. The number of nitrogens with two attached hydrogens (primary N) is 1. The van der Waals surface area contributed by atoms with Crippen LogP contribution in [-0.2, 0) is 6.61 Å². The predicted octanol–water partition coefficient (Wildman–Crippen LogP) is 4.62. The van der Waals surface area contributed by atoms with E-state index in [2.05, 4.69) is 19.9 Å². The van der Waals surface area contributed by atoms with Gasteiger partial charge in [-0.15, -0.1) is 0 Å². The molecule has 0 aliphatic heterocycles. The van der Waals surface area contributed by atoms with Gasteiger partial charge in [-0.3, -0.25) is 0 Å². The van der Waals surface area contributed by atoms with E-state index in [1.54, 1.807) is 12.1 Å². The maximum atomic E-state index is 6.13. The van der Waals surface area contributed by atoms with E-state index in [9.17, 15) is 0 Å². The van der Waals surface area contributed by atoms with Gasteiger partial charge >= 0.3 is 0 Å². The summed E-state index contributed by atoms with van der Waals surface area (Å²) in [4.78, 5) is 0. The van der Waals surface area contributed by atoms with E-state index in [4.69, 9.17) is 22.1 Å². The fraction of sp³-hybridized carbons (Fsp3) is 0.250. The number of anilines is 1. The molecule has 2 N–H and O–H groups in total. The number of nitrogen functional groups attached to an aromatic ring is 1. The minimum Gasteiger partial charge on any atom is -0.489 e. The molecule has 0 aliphatic rings. The summed E-state index contributed by atoms with van der Waals surface area (Å²) in [6.45, 7) is 4.72. The van der Waals surface area contributed by atoms with Crippen molar-refractivity contribution in [1.29, 1.82) is 0 Å². The molecule has 0 radical (unpaired) electrons. The second-order valence-corrected chi connectivity index (χ2v) is 5.24. The van der Waals surface area contributed by atoms with Crippen LogP contribution in [0.4, 0.5) is 5.69 Å². The first-order valence-corrected chi connectivity index (χ1v) is 6.71. The van der Waals surface area contributed by atoms with Gasteiger partial charge in [0.25, 0.3) is 0 Å². The van der Waals surface area contributed by atoms with Gasteiger partial charge in [-0.25, -0.2) is 0 Å². The topological polar surface area (TPSA) is 35.2 Å². The molecular weight excluding hydrogens is 258 g/mol. The lowest BCUT2D eigenvalue weighted by Crippen LogP contribution is -2.01. The molecule has 0 spiro atoms. The van der Waals surface area contributed by atoms with Gasteiger partial charge in [-0.1, -0.05) is 43.6 Å². The third-order valence-corrected chi connectivity index (χ3v) is 3.36. The summed E-state index contributed by atoms with van der Waals surface area (Å²) >= 11 is 6.13. The summed E-state index contributed by atoms with van der Waals surface area (Å²) in [5, 5.41) is 0.677. The molecular formula is C16H18ClNO. The van der Waals surface area contributed by atoms with E-state index in [1.807, 2.05) is 24.3 Å². The highest BCUT2D eigenvalue weighted by Gasteiger charge is 2.08. The van der Waals surface area contributed by atoms with Gasteiger partial charge in [0.1, 0.15) is 12.4 Å². The van der Waals surface area contributed by atoms with Gasteiger partial charge < -0.3 is 10.5 Å². The van der Waals surface area contributed by atoms with Gasteiger partial charge in [0, 0.05) is 16.3 Å². The van der Waals surface area contributed by atoms with Crippen molar-refractivity contribution in [3.8, 4) is 5.75 Å². The second kappa shape index (κ2) is 5.98. The van der Waals surface area contributed by atoms with Gasteiger partial charge in [0.2, 0.25) is 0 Å². The first-order valence-electron chi connectivity index (χ1n) is 6.33. The molecule has 0 saturated heterocycles. The highest BCUT2D eigenvalue weighted by molar-refractivity contribution is 6.31. The molecule has 2 aromatic rings. The van der Waals surface area contributed by atoms with Gasteiger partial charge in [-0.2, -0.15) is 0 Å². The second-order valence-electron chi connectivity index (χ2n) is 4.83. The first-order chi connectivity index (χ1) is 9.08. The van der Waals surface area contributed by atoms with Crippen LogP contribution in [0.5, 0.6) is 5.75 Å². The summed E-state index contributed by atoms with van der Waals surface area (Å²) in [5.41, 5.74) is 8.55. The lowest BCUT2D eigenvalue weighted by Gasteiger charge is -2.14. The molecule has 0 unspecified atom stereocenters. The Hall–Kier alpha value is -1.67. The Labute approximate surface area is 119 Å². The Balaban J connectivity index is 2.17. The summed E-state index contributed by atoms with van der Waals surface area (Å²) in [6.07, 6.45) is 0. The van der Waals surface area contributed by atoms with Crippen molar-refractivity contribution in [3.05, 3.63) is 58.6 Å². The molecule has 0 saturated carbocycles. The monoisotopic (exact) mass is 275 g/mol. The van der Waals surface area contributed by atoms with Crippen LogP contribution >= 0.6 is 11.6 Å². The maximum Gasteiger partial charge on any atom is 0.123 e. The first kappa shape index (κ1) is 13.8. The minimum atomic E-state index is 0.424. The highest BCUT2D eigenvalue weighted by atomic mass is 35.5. The lowest BCUT2D eigenvalue weighted by atomic mass is 10.0. The number of hydrogen-bond acceptors (Lipinski definition) is 2. The zero-order chi connectivity index (χ0) is 13.8. The summed E-state index contributed by atoms with van der Waals surface area (Å²) < 4.78 is 5.88. The van der Waals surface area contributed by atoms with Crippen LogP contribution in [0.15, 0.2) is 42.5 Å². The van der Waals surface area contributed by atoms with Crippen molar-refractivity contribution < 1.29 is 4.74 Å². The maximum absolute atomic E-state index is 6.13. The van der Waals surface area contributed by atoms with E-state index in [-0.39, 0.29) is 0 Å². The Morgan fingerprint density at radius 3 is 2.63 bits per heavy atom. The summed E-state index contributed by atoms with van der Waals surface area (Å²) in [7, 11) is 0. The molecule has 100 valence electrons. The smallest absolute Gasteiger partial charge is 0.123 e. The minimum absolute atomic E-state index is 0.424. The number of halogens is 1. The van der Waals surface area contributed by atoms with Crippen LogP contribution < -0.4 is 10.5 Å². The van der Waals surface area contributed by atoms with Crippen molar-refractivity contribution in [3.63, 3.8) is 0 Å². The summed E-state index contributed by atoms with van der Waals surface area (Å²) in [5.74, 6) is 1.32. The van der Waals surface area contributed by atoms with Crippen molar-refractivity contribution >= 4 is 17.3 Å². The van der Waals surface area contributed by atoms with Crippen LogP contribution in [0, 0.1) is 0 Å². The molecule has 3 heteroatoms. The quantitative estimate of drug-likeness (QED) is 0.826. The molecule has 0 aromatic heterocycles. The standard InChI is InChI=1S/C16H18ClNO/c1-11(2)14-5-3-4-6-16(14)19-10-12-9-13(18)7-8-15(12)17/h3-9,11H,10,18H2,1-2H3. The van der Waals surface area contributed by atoms with Crippen molar-refractivity contribution in [1.82, 2.24) is 0 Å². The molecule has 0 aliphatic carbocycles. The molecule has 19 heavy (non-hydrogen) atoms. The Bertz CT molecular complexity index is 566. The van der Waals surface area contributed by atoms with Gasteiger partial charge in [0.15, 0.2) is 0 Å². The van der Waals surface area contributed by atoms with Crippen molar-refractivity contribution in [2.75, 3.05) is 5.73 Å². The fourth-order valence-electron chi connectivity index (χ4n) is 1.95. The van der Waals surface area contributed by atoms with E-state index in [1.165, 1.54) is 5.56 Å². The normalized spacial score (nSPS) is 10.7. The van der Waals surface area contributed by atoms with Gasteiger partial charge in [-0.05, 0) is 35.7 Å². The van der Waals surface area contributed by atoms with E-state index < -0.39 is 0 Å². The number of ether oxygens (including phenoxy) is 1.